The highest BCUT2D eigenvalue weighted by Crippen LogP contribution is 2.20. The molecule has 2 N–H and O–H groups in total. The van der Waals surface area contributed by atoms with E-state index in [0.29, 0.717) is 11.5 Å². The summed E-state index contributed by atoms with van der Waals surface area (Å²) >= 11 is 1.48. The van der Waals surface area contributed by atoms with E-state index >= 15 is 0 Å². The number of hydrogen-bond acceptors (Lipinski definition) is 5. The van der Waals surface area contributed by atoms with Gasteiger partial charge in [0.15, 0.2) is 0 Å². The van der Waals surface area contributed by atoms with E-state index in [9.17, 15) is 4.79 Å². The molecule has 0 aromatic heterocycles. The van der Waals surface area contributed by atoms with Crippen LogP contribution in [0.3, 0.4) is 0 Å². The highest BCUT2D eigenvalue weighted by Gasteiger charge is 2.16. The largest absolute Gasteiger partial charge is 0.497 e. The second kappa shape index (κ2) is 7.55. The molecule has 0 fully saturated rings. The van der Waals surface area contributed by atoms with E-state index in [0.717, 1.165) is 11.3 Å². The lowest BCUT2D eigenvalue weighted by molar-refractivity contribution is -0.151. The molecule has 0 bridgehead atoms. The molecular formula is C15H23NO3S. The van der Waals surface area contributed by atoms with Gasteiger partial charge >= 0.3 is 5.97 Å². The van der Waals surface area contributed by atoms with Crippen molar-refractivity contribution in [3.8, 4) is 5.75 Å². The summed E-state index contributed by atoms with van der Waals surface area (Å²) in [4.78, 5) is 11.6. The zero-order valence-electron chi connectivity index (χ0n) is 12.5. The Bertz CT molecular complexity index is 426. The van der Waals surface area contributed by atoms with Crippen LogP contribution in [0.2, 0.25) is 0 Å². The van der Waals surface area contributed by atoms with Crippen molar-refractivity contribution in [1.29, 1.82) is 0 Å². The molecule has 1 aromatic rings. The fourth-order valence-electron chi connectivity index (χ4n) is 1.59. The fraction of sp³-hybridized carbons (Fsp3) is 0.533. The van der Waals surface area contributed by atoms with E-state index in [1.807, 2.05) is 45.0 Å². The molecule has 0 heterocycles. The van der Waals surface area contributed by atoms with Gasteiger partial charge in [0.25, 0.3) is 0 Å². The van der Waals surface area contributed by atoms with Gasteiger partial charge in [0.05, 0.1) is 12.9 Å². The van der Waals surface area contributed by atoms with Gasteiger partial charge in [-0.2, -0.15) is 0 Å². The highest BCUT2D eigenvalue weighted by atomic mass is 32.2. The van der Waals surface area contributed by atoms with Crippen LogP contribution in [0.1, 0.15) is 32.4 Å². The lowest BCUT2D eigenvalue weighted by Crippen LogP contribution is -2.25. The Morgan fingerprint density at radius 3 is 2.40 bits per heavy atom. The summed E-state index contributed by atoms with van der Waals surface area (Å²) in [5, 5.41) is 0. The first-order valence-electron chi connectivity index (χ1n) is 6.51. The van der Waals surface area contributed by atoms with Crippen LogP contribution < -0.4 is 10.5 Å². The number of ether oxygens (including phenoxy) is 2. The SMILES string of the molecule is COc1ccc(C(N)CSCC(=O)OC(C)(C)C)cc1. The summed E-state index contributed by atoms with van der Waals surface area (Å²) in [6.45, 7) is 5.58. The minimum absolute atomic E-state index is 0.103. The minimum atomic E-state index is -0.435. The fourth-order valence-corrected chi connectivity index (χ4v) is 2.38. The number of esters is 1. The molecule has 0 aliphatic carbocycles. The molecular weight excluding hydrogens is 274 g/mol. The van der Waals surface area contributed by atoms with Crippen LogP contribution in [-0.2, 0) is 9.53 Å². The molecule has 0 aliphatic rings. The van der Waals surface area contributed by atoms with Crippen molar-refractivity contribution in [3.63, 3.8) is 0 Å². The first kappa shape index (κ1) is 16.9. The Morgan fingerprint density at radius 1 is 1.30 bits per heavy atom. The molecule has 1 aromatic carbocycles. The smallest absolute Gasteiger partial charge is 0.316 e. The van der Waals surface area contributed by atoms with Gasteiger partial charge in [-0.1, -0.05) is 12.1 Å². The van der Waals surface area contributed by atoms with Crippen LogP contribution in [0.25, 0.3) is 0 Å². The Balaban J connectivity index is 2.35. The second-order valence-corrected chi connectivity index (χ2v) is 6.51. The molecule has 1 atom stereocenters. The summed E-state index contributed by atoms with van der Waals surface area (Å²) in [7, 11) is 1.63. The molecule has 20 heavy (non-hydrogen) atoms. The quantitative estimate of drug-likeness (QED) is 0.818. The Labute approximate surface area is 125 Å². The van der Waals surface area contributed by atoms with Crippen LogP contribution in [0.4, 0.5) is 0 Å². The van der Waals surface area contributed by atoms with Gasteiger partial charge < -0.3 is 15.2 Å². The van der Waals surface area contributed by atoms with Crippen molar-refractivity contribution in [1.82, 2.24) is 0 Å². The van der Waals surface area contributed by atoms with Crippen molar-refractivity contribution >= 4 is 17.7 Å². The van der Waals surface area contributed by atoms with Crippen molar-refractivity contribution in [3.05, 3.63) is 29.8 Å². The van der Waals surface area contributed by atoms with Gasteiger partial charge in [0.1, 0.15) is 11.4 Å². The third-order valence-corrected chi connectivity index (χ3v) is 3.52. The molecule has 1 rings (SSSR count). The van der Waals surface area contributed by atoms with E-state index in [2.05, 4.69) is 0 Å². The summed E-state index contributed by atoms with van der Waals surface area (Å²) in [5.74, 6) is 1.60. The Morgan fingerprint density at radius 2 is 1.90 bits per heavy atom. The monoisotopic (exact) mass is 297 g/mol. The van der Waals surface area contributed by atoms with Gasteiger partial charge in [-0.05, 0) is 38.5 Å². The van der Waals surface area contributed by atoms with Crippen LogP contribution in [0, 0.1) is 0 Å². The van der Waals surface area contributed by atoms with Gasteiger partial charge in [-0.25, -0.2) is 0 Å². The number of methoxy groups -OCH3 is 1. The first-order valence-corrected chi connectivity index (χ1v) is 7.66. The summed E-state index contributed by atoms with van der Waals surface area (Å²) < 4.78 is 10.3. The second-order valence-electron chi connectivity index (χ2n) is 5.48. The Kier molecular flexibility index (Phi) is 6.36. The molecule has 0 amide bonds. The highest BCUT2D eigenvalue weighted by molar-refractivity contribution is 7.99. The predicted octanol–water partition coefficient (Wildman–Crippen LogP) is 2.77. The van der Waals surface area contributed by atoms with Crippen LogP contribution >= 0.6 is 11.8 Å². The van der Waals surface area contributed by atoms with E-state index in [1.54, 1.807) is 7.11 Å². The molecule has 0 saturated heterocycles. The molecule has 5 heteroatoms. The van der Waals surface area contributed by atoms with Gasteiger partial charge in [0.2, 0.25) is 0 Å². The molecule has 1 unspecified atom stereocenters. The maximum absolute atomic E-state index is 11.6. The van der Waals surface area contributed by atoms with Crippen molar-refractivity contribution in [2.24, 2.45) is 5.73 Å². The topological polar surface area (TPSA) is 61.5 Å². The maximum Gasteiger partial charge on any atom is 0.316 e. The van der Waals surface area contributed by atoms with Crippen LogP contribution in [0.15, 0.2) is 24.3 Å². The lowest BCUT2D eigenvalue weighted by Gasteiger charge is -2.19. The lowest BCUT2D eigenvalue weighted by atomic mass is 10.1. The number of rotatable bonds is 6. The van der Waals surface area contributed by atoms with E-state index in [-0.39, 0.29) is 12.0 Å². The molecule has 0 radical (unpaired) electrons. The first-order chi connectivity index (χ1) is 9.31. The summed E-state index contributed by atoms with van der Waals surface area (Å²) in [6, 6.07) is 7.55. The van der Waals surface area contributed by atoms with Crippen molar-refractivity contribution in [2.45, 2.75) is 32.4 Å². The third kappa shape index (κ3) is 6.30. The van der Waals surface area contributed by atoms with Crippen LogP contribution in [0.5, 0.6) is 5.75 Å². The number of hydrogen-bond donors (Lipinski definition) is 1. The molecule has 0 aliphatic heterocycles. The van der Waals surface area contributed by atoms with E-state index < -0.39 is 5.60 Å². The van der Waals surface area contributed by atoms with E-state index in [4.69, 9.17) is 15.2 Å². The number of benzene rings is 1. The average molecular weight is 297 g/mol. The van der Waals surface area contributed by atoms with Gasteiger partial charge in [0, 0.05) is 11.8 Å². The molecule has 4 nitrogen and oxygen atoms in total. The standard InChI is InChI=1S/C15H23NO3S/c1-15(2,3)19-14(17)10-20-9-13(16)11-5-7-12(18-4)8-6-11/h5-8,13H,9-10,16H2,1-4H3. The number of carbonyl (C=O) groups excluding carboxylic acids is 1. The van der Waals surface area contributed by atoms with Crippen molar-refractivity contribution < 1.29 is 14.3 Å². The normalized spacial score (nSPS) is 12.8. The van der Waals surface area contributed by atoms with E-state index in [1.165, 1.54) is 11.8 Å². The summed E-state index contributed by atoms with van der Waals surface area (Å²) in [5.41, 5.74) is 6.68. The van der Waals surface area contributed by atoms with Crippen molar-refractivity contribution in [2.75, 3.05) is 18.6 Å². The molecule has 112 valence electrons. The predicted molar refractivity (Wildman–Crippen MR) is 83.1 cm³/mol. The molecule has 0 spiro atoms. The Hall–Kier alpha value is -1.20. The maximum atomic E-state index is 11.6. The zero-order chi connectivity index (χ0) is 15.2. The zero-order valence-corrected chi connectivity index (χ0v) is 13.3. The molecule has 0 saturated carbocycles. The van der Waals surface area contributed by atoms with Gasteiger partial charge in [-0.3, -0.25) is 4.79 Å². The average Bonchev–Trinajstić information content (AvgIpc) is 2.36. The van der Waals surface area contributed by atoms with Gasteiger partial charge in [-0.15, -0.1) is 11.8 Å². The van der Waals surface area contributed by atoms with Crippen LogP contribution in [-0.4, -0.2) is 30.2 Å². The number of thioether (sulfide) groups is 1. The number of carbonyl (C=O) groups is 1. The third-order valence-electron chi connectivity index (χ3n) is 2.48. The number of nitrogens with two attached hydrogens (primary N) is 1. The minimum Gasteiger partial charge on any atom is -0.497 e. The summed E-state index contributed by atoms with van der Waals surface area (Å²) in [6.07, 6.45) is 0.